The zero-order valence-corrected chi connectivity index (χ0v) is 11.9. The van der Waals surface area contributed by atoms with Gasteiger partial charge in [0.15, 0.2) is 0 Å². The quantitative estimate of drug-likeness (QED) is 0.869. The summed E-state index contributed by atoms with van der Waals surface area (Å²) >= 11 is 9.30. The molecule has 0 spiro atoms. The van der Waals surface area contributed by atoms with Gasteiger partial charge in [-0.1, -0.05) is 39.7 Å². The Morgan fingerprint density at radius 1 is 1.11 bits per heavy atom. The maximum absolute atomic E-state index is 13.1. The molecule has 0 bridgehead atoms. The molecular weight excluding hydrogens is 317 g/mol. The van der Waals surface area contributed by atoms with Gasteiger partial charge in [0, 0.05) is 22.6 Å². The summed E-state index contributed by atoms with van der Waals surface area (Å²) in [6.45, 7) is 1.30. The predicted octanol–water partition coefficient (Wildman–Crippen LogP) is 4.53. The highest BCUT2D eigenvalue weighted by atomic mass is 79.9. The summed E-state index contributed by atoms with van der Waals surface area (Å²) in [4.78, 5) is 0. The Labute approximate surface area is 119 Å². The van der Waals surface area contributed by atoms with Crippen molar-refractivity contribution in [2.24, 2.45) is 0 Å². The molecule has 94 valence electrons. The summed E-state index contributed by atoms with van der Waals surface area (Å²) in [5.41, 5.74) is 2.01. The third-order valence-electron chi connectivity index (χ3n) is 2.54. The van der Waals surface area contributed by atoms with Gasteiger partial charge in [-0.2, -0.15) is 0 Å². The monoisotopic (exact) mass is 327 g/mol. The van der Waals surface area contributed by atoms with E-state index < -0.39 is 0 Å². The van der Waals surface area contributed by atoms with E-state index in [9.17, 15) is 4.39 Å². The summed E-state index contributed by atoms with van der Waals surface area (Å²) in [6.07, 6.45) is 0. The fourth-order valence-corrected chi connectivity index (χ4v) is 2.27. The highest BCUT2D eigenvalue weighted by Gasteiger charge is 2.01. The van der Waals surface area contributed by atoms with Crippen molar-refractivity contribution in [1.29, 1.82) is 0 Å². The molecule has 0 fully saturated rings. The zero-order chi connectivity index (χ0) is 13.0. The van der Waals surface area contributed by atoms with Crippen LogP contribution in [0.4, 0.5) is 4.39 Å². The van der Waals surface area contributed by atoms with Crippen molar-refractivity contribution < 1.29 is 4.39 Å². The molecule has 2 aromatic rings. The Morgan fingerprint density at radius 3 is 2.72 bits per heavy atom. The van der Waals surface area contributed by atoms with E-state index in [1.165, 1.54) is 12.1 Å². The lowest BCUT2D eigenvalue weighted by molar-refractivity contribution is 0.619. The van der Waals surface area contributed by atoms with Gasteiger partial charge in [-0.05, 0) is 41.5 Å². The van der Waals surface area contributed by atoms with E-state index in [4.69, 9.17) is 11.6 Å². The molecule has 0 aliphatic rings. The first-order valence-electron chi connectivity index (χ1n) is 5.54. The van der Waals surface area contributed by atoms with E-state index in [1.807, 2.05) is 24.3 Å². The Bertz CT molecular complexity index is 545. The van der Waals surface area contributed by atoms with Gasteiger partial charge in [0.1, 0.15) is 5.82 Å². The van der Waals surface area contributed by atoms with Crippen molar-refractivity contribution >= 4 is 27.5 Å². The SMILES string of the molecule is Fc1ccc(Br)c(CNCc2cccc(Cl)c2)c1. The molecule has 0 amide bonds. The van der Waals surface area contributed by atoms with Crippen LogP contribution in [0.25, 0.3) is 0 Å². The number of hydrogen-bond acceptors (Lipinski definition) is 1. The minimum absolute atomic E-state index is 0.224. The van der Waals surface area contributed by atoms with Gasteiger partial charge < -0.3 is 5.32 Å². The Kier molecular flexibility index (Phi) is 4.75. The summed E-state index contributed by atoms with van der Waals surface area (Å²) in [5.74, 6) is -0.224. The molecule has 1 N–H and O–H groups in total. The summed E-state index contributed by atoms with van der Waals surface area (Å²) in [6, 6.07) is 12.3. The number of halogens is 3. The van der Waals surface area contributed by atoms with E-state index in [2.05, 4.69) is 21.2 Å². The third-order valence-corrected chi connectivity index (χ3v) is 3.55. The van der Waals surface area contributed by atoms with E-state index in [1.54, 1.807) is 6.07 Å². The van der Waals surface area contributed by atoms with Crippen molar-refractivity contribution in [2.75, 3.05) is 0 Å². The van der Waals surface area contributed by atoms with Crippen LogP contribution in [0.2, 0.25) is 5.02 Å². The van der Waals surface area contributed by atoms with Crippen molar-refractivity contribution in [3.8, 4) is 0 Å². The van der Waals surface area contributed by atoms with Gasteiger partial charge in [-0.15, -0.1) is 0 Å². The van der Waals surface area contributed by atoms with Gasteiger partial charge in [0.05, 0.1) is 0 Å². The van der Waals surface area contributed by atoms with Crippen LogP contribution < -0.4 is 5.32 Å². The topological polar surface area (TPSA) is 12.0 Å². The molecule has 0 heterocycles. The molecule has 0 aliphatic heterocycles. The second-order valence-corrected chi connectivity index (χ2v) is 5.26. The first-order valence-corrected chi connectivity index (χ1v) is 6.71. The smallest absolute Gasteiger partial charge is 0.123 e. The highest BCUT2D eigenvalue weighted by molar-refractivity contribution is 9.10. The molecule has 0 radical (unpaired) electrons. The fourth-order valence-electron chi connectivity index (χ4n) is 1.67. The van der Waals surface area contributed by atoms with Crippen molar-refractivity contribution in [1.82, 2.24) is 5.32 Å². The first-order chi connectivity index (χ1) is 8.65. The Balaban J connectivity index is 1.94. The van der Waals surface area contributed by atoms with Crippen LogP contribution in [-0.2, 0) is 13.1 Å². The highest BCUT2D eigenvalue weighted by Crippen LogP contribution is 2.18. The van der Waals surface area contributed by atoms with Crippen molar-refractivity contribution in [3.05, 3.63) is 68.9 Å². The molecule has 0 aromatic heterocycles. The average Bonchev–Trinajstić information content (AvgIpc) is 2.34. The second-order valence-electron chi connectivity index (χ2n) is 3.97. The predicted molar refractivity (Wildman–Crippen MR) is 76.1 cm³/mol. The molecule has 0 atom stereocenters. The van der Waals surface area contributed by atoms with Crippen LogP contribution in [0.5, 0.6) is 0 Å². The number of hydrogen-bond donors (Lipinski definition) is 1. The van der Waals surface area contributed by atoms with E-state index in [-0.39, 0.29) is 5.82 Å². The minimum atomic E-state index is -0.224. The van der Waals surface area contributed by atoms with Crippen molar-refractivity contribution in [3.63, 3.8) is 0 Å². The fraction of sp³-hybridized carbons (Fsp3) is 0.143. The zero-order valence-electron chi connectivity index (χ0n) is 9.59. The average molecular weight is 329 g/mol. The largest absolute Gasteiger partial charge is 0.309 e. The van der Waals surface area contributed by atoms with Gasteiger partial charge in [-0.3, -0.25) is 0 Å². The van der Waals surface area contributed by atoms with Crippen LogP contribution in [0.15, 0.2) is 46.9 Å². The Hall–Kier alpha value is -0.900. The van der Waals surface area contributed by atoms with Gasteiger partial charge in [0.2, 0.25) is 0 Å². The molecular formula is C14H12BrClFN. The van der Waals surface area contributed by atoms with Crippen LogP contribution in [0.1, 0.15) is 11.1 Å². The molecule has 2 rings (SSSR count). The van der Waals surface area contributed by atoms with Gasteiger partial charge in [0.25, 0.3) is 0 Å². The van der Waals surface area contributed by atoms with Crippen molar-refractivity contribution in [2.45, 2.75) is 13.1 Å². The van der Waals surface area contributed by atoms with E-state index >= 15 is 0 Å². The lowest BCUT2D eigenvalue weighted by atomic mass is 10.2. The number of rotatable bonds is 4. The molecule has 1 nitrogen and oxygen atoms in total. The molecule has 0 saturated heterocycles. The second kappa shape index (κ2) is 6.32. The Morgan fingerprint density at radius 2 is 1.94 bits per heavy atom. The molecule has 4 heteroatoms. The number of benzene rings is 2. The molecule has 0 saturated carbocycles. The standard InChI is InChI=1S/C14H12BrClFN/c15-14-5-4-13(17)7-11(14)9-18-8-10-2-1-3-12(16)6-10/h1-7,18H,8-9H2. The molecule has 18 heavy (non-hydrogen) atoms. The maximum Gasteiger partial charge on any atom is 0.123 e. The van der Waals surface area contributed by atoms with Gasteiger partial charge in [-0.25, -0.2) is 4.39 Å². The normalized spacial score (nSPS) is 10.6. The minimum Gasteiger partial charge on any atom is -0.309 e. The first kappa shape index (κ1) is 13.5. The summed E-state index contributed by atoms with van der Waals surface area (Å²) in [7, 11) is 0. The lowest BCUT2D eigenvalue weighted by Gasteiger charge is -2.07. The molecule has 0 unspecified atom stereocenters. The van der Waals surface area contributed by atoms with Crippen LogP contribution in [0.3, 0.4) is 0 Å². The third kappa shape index (κ3) is 3.80. The maximum atomic E-state index is 13.1. The lowest BCUT2D eigenvalue weighted by Crippen LogP contribution is -2.13. The summed E-state index contributed by atoms with van der Waals surface area (Å²) < 4.78 is 14.0. The van der Waals surface area contributed by atoms with Crippen LogP contribution >= 0.6 is 27.5 Å². The van der Waals surface area contributed by atoms with Crippen LogP contribution in [0, 0.1) is 5.82 Å². The van der Waals surface area contributed by atoms with E-state index in [0.29, 0.717) is 13.1 Å². The molecule has 2 aromatic carbocycles. The number of nitrogens with one attached hydrogen (secondary N) is 1. The van der Waals surface area contributed by atoms with Gasteiger partial charge >= 0.3 is 0 Å². The summed E-state index contributed by atoms with van der Waals surface area (Å²) in [5, 5.41) is 3.98. The van der Waals surface area contributed by atoms with E-state index in [0.717, 1.165) is 20.6 Å². The van der Waals surface area contributed by atoms with Crippen LogP contribution in [-0.4, -0.2) is 0 Å². The molecule has 0 aliphatic carbocycles.